The number of fused-ring (bicyclic) bond motifs is 1. The van der Waals surface area contributed by atoms with Crippen LogP contribution in [0.5, 0.6) is 0 Å². The Kier molecular flexibility index (Phi) is 4.35. The van der Waals surface area contributed by atoms with Crippen molar-refractivity contribution >= 4 is 23.6 Å². The number of aliphatic carboxylic acids is 1. The summed E-state index contributed by atoms with van der Waals surface area (Å²) >= 11 is 1.38. The third-order valence-corrected chi connectivity index (χ3v) is 5.43. The molecule has 23 heavy (non-hydrogen) atoms. The van der Waals surface area contributed by atoms with Crippen molar-refractivity contribution in [1.82, 2.24) is 25.1 Å². The fourth-order valence-electron chi connectivity index (χ4n) is 2.87. The summed E-state index contributed by atoms with van der Waals surface area (Å²) in [5.41, 5.74) is 0.0734. The highest BCUT2D eigenvalue weighted by atomic mass is 32.2. The van der Waals surface area contributed by atoms with Crippen molar-refractivity contribution in [3.63, 3.8) is 0 Å². The van der Waals surface area contributed by atoms with Gasteiger partial charge in [-0.25, -0.2) is 9.48 Å². The molecule has 3 rings (SSSR count). The zero-order chi connectivity index (χ0) is 16.6. The van der Waals surface area contributed by atoms with Crippen LogP contribution >= 0.6 is 11.8 Å². The molecule has 124 valence electrons. The summed E-state index contributed by atoms with van der Waals surface area (Å²) in [5, 5.41) is 29.6. The molecule has 2 aliphatic heterocycles. The first-order valence-corrected chi connectivity index (χ1v) is 8.23. The molecule has 9 nitrogen and oxygen atoms in total. The Hall–Kier alpha value is -1.94. The number of rotatable bonds is 7. The molecule has 3 heterocycles. The Morgan fingerprint density at radius 3 is 2.87 bits per heavy atom. The molecule has 1 amide bonds. The van der Waals surface area contributed by atoms with Crippen molar-refractivity contribution < 1.29 is 19.8 Å². The van der Waals surface area contributed by atoms with Crippen LogP contribution in [-0.4, -0.2) is 58.7 Å². The van der Waals surface area contributed by atoms with Gasteiger partial charge in [0.1, 0.15) is 17.4 Å². The number of carboxylic acid groups (broad SMARTS) is 1. The van der Waals surface area contributed by atoms with Gasteiger partial charge in [-0.2, -0.15) is 0 Å². The lowest BCUT2D eigenvalue weighted by Gasteiger charge is -2.43. The Morgan fingerprint density at radius 2 is 2.26 bits per heavy atom. The number of carbonyl (C=O) groups excluding carboxylic acids is 1. The van der Waals surface area contributed by atoms with E-state index in [-0.39, 0.29) is 17.0 Å². The van der Waals surface area contributed by atoms with Crippen molar-refractivity contribution in [1.29, 1.82) is 0 Å². The number of thioether (sulfide) groups is 1. The quantitative estimate of drug-likeness (QED) is 0.528. The number of carboxylic acids is 1. The van der Waals surface area contributed by atoms with Gasteiger partial charge in [0.2, 0.25) is 5.91 Å². The number of unbranched alkanes of at least 4 members (excludes halogenated alkanes) is 1. The first-order valence-electron chi connectivity index (χ1n) is 7.35. The average molecular weight is 339 g/mol. The zero-order valence-electron chi connectivity index (χ0n) is 12.5. The smallest absolute Gasteiger partial charge is 0.353 e. The summed E-state index contributed by atoms with van der Waals surface area (Å²) in [7, 11) is 0. The van der Waals surface area contributed by atoms with Crippen molar-refractivity contribution in [3.05, 3.63) is 16.9 Å². The maximum absolute atomic E-state index is 12.1. The molecule has 0 aliphatic carbocycles. The number of amides is 1. The fourth-order valence-corrected chi connectivity index (χ4v) is 4.53. The number of aromatic nitrogens is 4. The van der Waals surface area contributed by atoms with Crippen LogP contribution in [0.15, 0.2) is 16.9 Å². The number of tetrazole rings is 1. The van der Waals surface area contributed by atoms with Gasteiger partial charge < -0.3 is 10.2 Å². The molecule has 0 aromatic carbocycles. The van der Waals surface area contributed by atoms with E-state index < -0.39 is 18.0 Å². The normalized spacial score (nSPS) is 24.6. The molecular formula is C13H17N5O4S. The summed E-state index contributed by atoms with van der Waals surface area (Å²) in [6.45, 7) is 2.22. The fraction of sp³-hybridized carbons (Fsp3) is 0.615. The summed E-state index contributed by atoms with van der Waals surface area (Å²) in [6, 6.07) is 0. The van der Waals surface area contributed by atoms with Crippen LogP contribution in [-0.2, 0) is 16.1 Å². The standard InChI is InChI=1S/C13H17N5O4S/c1-7(19)9-11(20)18-10(13(21)22)8(23-12(9)18)4-2-3-5-17-6-14-15-16-17/h6-7,9,12,19H,2-5H2,1H3,(H,21,22)/t7-,9+,12-/m1/s1. The first-order chi connectivity index (χ1) is 11.0. The van der Waals surface area contributed by atoms with Crippen LogP contribution in [0.4, 0.5) is 0 Å². The van der Waals surface area contributed by atoms with E-state index in [1.165, 1.54) is 23.0 Å². The highest BCUT2D eigenvalue weighted by Crippen LogP contribution is 2.51. The molecule has 1 fully saturated rings. The maximum Gasteiger partial charge on any atom is 0.353 e. The molecule has 0 unspecified atom stereocenters. The Morgan fingerprint density at radius 1 is 1.48 bits per heavy atom. The number of allylic oxidation sites excluding steroid dienone is 1. The molecule has 3 atom stereocenters. The van der Waals surface area contributed by atoms with E-state index in [0.29, 0.717) is 17.9 Å². The van der Waals surface area contributed by atoms with Gasteiger partial charge in [-0.3, -0.25) is 9.69 Å². The van der Waals surface area contributed by atoms with Crippen molar-refractivity contribution in [3.8, 4) is 0 Å². The lowest BCUT2D eigenvalue weighted by atomic mass is 9.92. The Bertz CT molecular complexity index is 645. The number of aliphatic hydroxyl groups excluding tert-OH is 1. The number of nitrogens with zero attached hydrogens (tertiary/aromatic N) is 5. The summed E-state index contributed by atoms with van der Waals surface area (Å²) in [6.07, 6.45) is 2.92. The minimum absolute atomic E-state index is 0.0734. The number of aryl methyl sites for hydroxylation is 1. The molecule has 2 aliphatic rings. The van der Waals surface area contributed by atoms with Crippen molar-refractivity contribution in [2.75, 3.05) is 0 Å². The predicted molar refractivity (Wildman–Crippen MR) is 79.7 cm³/mol. The SMILES string of the molecule is C[C@@H](O)[C@H]1C(=O)N2C(C(=O)O)=C(CCCCn3cnnn3)S[C@H]12. The van der Waals surface area contributed by atoms with E-state index in [9.17, 15) is 19.8 Å². The van der Waals surface area contributed by atoms with Gasteiger partial charge in [-0.1, -0.05) is 0 Å². The highest BCUT2D eigenvalue weighted by molar-refractivity contribution is 8.04. The average Bonchev–Trinajstić information content (AvgIpc) is 3.09. The molecule has 0 radical (unpaired) electrons. The van der Waals surface area contributed by atoms with Gasteiger partial charge in [-0.05, 0) is 36.6 Å². The Labute approximate surface area is 136 Å². The summed E-state index contributed by atoms with van der Waals surface area (Å²) in [4.78, 5) is 25.6. The summed E-state index contributed by atoms with van der Waals surface area (Å²) < 4.78 is 1.62. The van der Waals surface area contributed by atoms with E-state index in [0.717, 1.165) is 12.8 Å². The van der Waals surface area contributed by atoms with Crippen molar-refractivity contribution in [2.45, 2.75) is 44.2 Å². The van der Waals surface area contributed by atoms with Crippen LogP contribution in [0.1, 0.15) is 26.2 Å². The lowest BCUT2D eigenvalue weighted by molar-refractivity contribution is -0.156. The minimum atomic E-state index is -1.09. The number of carbonyl (C=O) groups is 2. The second-order valence-electron chi connectivity index (χ2n) is 5.59. The van der Waals surface area contributed by atoms with E-state index in [4.69, 9.17) is 0 Å². The first kappa shape index (κ1) is 15.9. The van der Waals surface area contributed by atoms with E-state index >= 15 is 0 Å². The monoisotopic (exact) mass is 339 g/mol. The predicted octanol–water partition coefficient (Wildman–Crippen LogP) is 0.0517. The molecule has 10 heteroatoms. The summed E-state index contributed by atoms with van der Waals surface area (Å²) in [5.74, 6) is -1.92. The molecule has 1 saturated heterocycles. The number of β-lactam (4-membered cyclic amide) rings is 1. The second-order valence-corrected chi connectivity index (χ2v) is 6.80. The molecule has 1 aromatic heterocycles. The zero-order valence-corrected chi connectivity index (χ0v) is 13.3. The molecule has 2 N–H and O–H groups in total. The largest absolute Gasteiger partial charge is 0.477 e. The van der Waals surface area contributed by atoms with Crippen LogP contribution in [0.3, 0.4) is 0 Å². The molecule has 0 spiro atoms. The van der Waals surface area contributed by atoms with Gasteiger partial charge >= 0.3 is 5.97 Å². The molecule has 1 aromatic rings. The number of hydrogen-bond donors (Lipinski definition) is 2. The third kappa shape index (κ3) is 2.83. The molecule has 0 saturated carbocycles. The lowest BCUT2D eigenvalue weighted by Crippen LogP contribution is -2.60. The number of hydrogen-bond acceptors (Lipinski definition) is 7. The minimum Gasteiger partial charge on any atom is -0.477 e. The van der Waals surface area contributed by atoms with Gasteiger partial charge in [0.05, 0.1) is 12.0 Å². The van der Waals surface area contributed by atoms with Gasteiger partial charge in [0.15, 0.2) is 0 Å². The molecular weight excluding hydrogens is 322 g/mol. The van der Waals surface area contributed by atoms with E-state index in [1.54, 1.807) is 11.6 Å². The second kappa shape index (κ2) is 6.28. The van der Waals surface area contributed by atoms with Crippen molar-refractivity contribution in [2.24, 2.45) is 5.92 Å². The third-order valence-electron chi connectivity index (χ3n) is 4.01. The van der Waals surface area contributed by atoms with Crippen LogP contribution in [0, 0.1) is 5.92 Å². The van der Waals surface area contributed by atoms with Gasteiger partial charge in [0.25, 0.3) is 0 Å². The highest BCUT2D eigenvalue weighted by Gasteiger charge is 2.57. The van der Waals surface area contributed by atoms with Gasteiger partial charge in [0, 0.05) is 11.4 Å². The van der Waals surface area contributed by atoms with E-state index in [2.05, 4.69) is 15.5 Å². The van der Waals surface area contributed by atoms with Crippen LogP contribution < -0.4 is 0 Å². The van der Waals surface area contributed by atoms with Crippen LogP contribution in [0.25, 0.3) is 0 Å². The van der Waals surface area contributed by atoms with Crippen LogP contribution in [0.2, 0.25) is 0 Å². The van der Waals surface area contributed by atoms with Gasteiger partial charge in [-0.15, -0.1) is 16.9 Å². The Balaban J connectivity index is 1.61. The van der Waals surface area contributed by atoms with E-state index in [1.807, 2.05) is 0 Å². The number of aliphatic hydroxyl groups is 1. The maximum atomic E-state index is 12.1. The molecule has 0 bridgehead atoms. The topological polar surface area (TPSA) is 121 Å².